The van der Waals surface area contributed by atoms with Crippen LogP contribution in [-0.2, 0) is 0 Å². The molecule has 0 bridgehead atoms. The molecule has 0 spiro atoms. The second-order valence-electron chi connectivity index (χ2n) is 16.2. The lowest BCUT2D eigenvalue weighted by molar-refractivity contribution is 1.68. The maximum atomic E-state index is 2.48. The lowest BCUT2D eigenvalue weighted by atomic mass is 9.85. The number of hydrogen-bond acceptors (Lipinski definition) is 0. The van der Waals surface area contributed by atoms with Gasteiger partial charge in [-0.3, -0.25) is 0 Å². The predicted octanol–water partition coefficient (Wildman–Crippen LogP) is 16.4. The van der Waals surface area contributed by atoms with Crippen LogP contribution in [-0.4, -0.2) is 0 Å². The van der Waals surface area contributed by atoms with Crippen LogP contribution in [0.1, 0.15) is 0 Å². The van der Waals surface area contributed by atoms with Crippen molar-refractivity contribution in [3.05, 3.63) is 194 Å². The Bertz CT molecular complexity index is 3590. The molecule has 0 heterocycles. The van der Waals surface area contributed by atoms with Crippen LogP contribution in [0.2, 0.25) is 0 Å². The summed E-state index contributed by atoms with van der Waals surface area (Å²) in [5, 5.41) is 18.3. The summed E-state index contributed by atoms with van der Waals surface area (Å²) in [5.74, 6) is 0. The SMILES string of the molecule is c1ccc2c(c1)-c1cccc3c1c-2cc1c2ccccc2c(-c2ccc(-c4cc5c6cccc7c6c(cc5c5ccccc45)-c4ccccc4-7)c4ccccc24)cc31. The Hall–Kier alpha value is -7.54. The summed E-state index contributed by atoms with van der Waals surface area (Å²) in [6.45, 7) is 0. The zero-order chi connectivity index (χ0) is 37.6. The minimum absolute atomic E-state index is 1.26. The fraction of sp³-hybridized carbons (Fsp3) is 0. The van der Waals surface area contributed by atoms with Crippen LogP contribution in [0.4, 0.5) is 0 Å². The molecule has 0 fully saturated rings. The molecule has 0 heteroatoms. The van der Waals surface area contributed by atoms with Crippen molar-refractivity contribution in [2.24, 2.45) is 0 Å². The van der Waals surface area contributed by atoms with Gasteiger partial charge in [0.25, 0.3) is 0 Å². The standard InChI is InChI=1S/C58H32/c1-2-14-34-33(13-1)43(49-29-53-47-25-11-23-45-35-15-3-9-21-41(35)55(57(45)47)31-51(53)39-19-7-5-17-37(39)49)27-28-44(34)50-30-54-48-26-12-24-46-36-16-4-10-22-42(36)56(58(46)48)32-52(54)40-20-8-6-18-38(40)50/h1-32H. The van der Waals surface area contributed by atoms with E-state index >= 15 is 0 Å². The van der Waals surface area contributed by atoms with Crippen LogP contribution in [0.25, 0.3) is 142 Å². The molecular weight excluding hydrogens is 697 g/mol. The summed E-state index contributed by atoms with van der Waals surface area (Å²) in [6, 6.07) is 73.3. The van der Waals surface area contributed by atoms with E-state index in [4.69, 9.17) is 0 Å². The van der Waals surface area contributed by atoms with Crippen molar-refractivity contribution in [3.8, 4) is 66.8 Å². The molecule has 0 amide bonds. The Morgan fingerprint density at radius 1 is 0.138 bits per heavy atom. The van der Waals surface area contributed by atoms with Gasteiger partial charge in [-0.05, 0) is 166 Å². The first-order valence-electron chi connectivity index (χ1n) is 20.3. The zero-order valence-electron chi connectivity index (χ0n) is 31.5. The third-order valence-corrected chi connectivity index (χ3v) is 13.5. The van der Waals surface area contributed by atoms with Crippen molar-refractivity contribution in [3.63, 3.8) is 0 Å². The lowest BCUT2D eigenvalue weighted by Crippen LogP contribution is -1.91. The van der Waals surface area contributed by atoms with Crippen molar-refractivity contribution in [2.45, 2.75) is 0 Å². The topological polar surface area (TPSA) is 0 Å². The van der Waals surface area contributed by atoms with Crippen LogP contribution in [0.3, 0.4) is 0 Å². The summed E-state index contributed by atoms with van der Waals surface area (Å²) < 4.78 is 0. The number of rotatable bonds is 2. The van der Waals surface area contributed by atoms with E-state index in [-0.39, 0.29) is 0 Å². The first-order valence-corrected chi connectivity index (χ1v) is 20.3. The average molecular weight is 729 g/mol. The number of fused-ring (bicyclic) bond motifs is 15. The molecular formula is C58H32. The molecule has 0 unspecified atom stereocenters. The first kappa shape index (κ1) is 30.7. The molecule has 58 heavy (non-hydrogen) atoms. The van der Waals surface area contributed by atoms with Crippen LogP contribution in [0.15, 0.2) is 194 Å². The molecule has 0 atom stereocenters. The lowest BCUT2D eigenvalue weighted by Gasteiger charge is -2.19. The molecule has 0 saturated heterocycles. The molecule has 264 valence electrons. The summed E-state index contributed by atoms with van der Waals surface area (Å²) in [6.07, 6.45) is 0. The maximum Gasteiger partial charge on any atom is -0.00199 e. The van der Waals surface area contributed by atoms with Crippen LogP contribution in [0, 0.1) is 0 Å². The van der Waals surface area contributed by atoms with Gasteiger partial charge in [0.05, 0.1) is 0 Å². The highest BCUT2D eigenvalue weighted by molar-refractivity contribution is 6.31. The highest BCUT2D eigenvalue weighted by Gasteiger charge is 2.26. The molecule has 12 aromatic rings. The van der Waals surface area contributed by atoms with Gasteiger partial charge in [0.1, 0.15) is 0 Å². The summed E-state index contributed by atoms with van der Waals surface area (Å²) in [7, 11) is 0. The molecule has 2 aliphatic rings. The molecule has 0 aliphatic heterocycles. The van der Waals surface area contributed by atoms with Gasteiger partial charge in [-0.1, -0.05) is 170 Å². The molecule has 0 nitrogen and oxygen atoms in total. The summed E-state index contributed by atoms with van der Waals surface area (Å²) >= 11 is 0. The van der Waals surface area contributed by atoms with Gasteiger partial charge in [-0.25, -0.2) is 0 Å². The van der Waals surface area contributed by atoms with Gasteiger partial charge in [0.2, 0.25) is 0 Å². The first-order chi connectivity index (χ1) is 28.8. The normalized spacial score (nSPS) is 12.5. The Morgan fingerprint density at radius 2 is 0.414 bits per heavy atom. The van der Waals surface area contributed by atoms with Crippen molar-refractivity contribution in [1.82, 2.24) is 0 Å². The summed E-state index contributed by atoms with van der Waals surface area (Å²) in [5.41, 5.74) is 15.8. The molecule has 0 N–H and O–H groups in total. The molecule has 12 aromatic carbocycles. The predicted molar refractivity (Wildman–Crippen MR) is 249 cm³/mol. The van der Waals surface area contributed by atoms with Gasteiger partial charge < -0.3 is 0 Å². The van der Waals surface area contributed by atoms with Crippen LogP contribution < -0.4 is 0 Å². The molecule has 0 aromatic heterocycles. The van der Waals surface area contributed by atoms with Gasteiger partial charge >= 0.3 is 0 Å². The number of benzene rings is 12. The second-order valence-corrected chi connectivity index (χ2v) is 16.2. The highest BCUT2D eigenvalue weighted by Crippen LogP contribution is 2.53. The van der Waals surface area contributed by atoms with Gasteiger partial charge in [-0.2, -0.15) is 0 Å². The van der Waals surface area contributed by atoms with Crippen molar-refractivity contribution in [2.75, 3.05) is 0 Å². The fourth-order valence-corrected chi connectivity index (χ4v) is 11.1. The minimum Gasteiger partial charge on any atom is -0.0616 e. The number of hydrogen-bond donors (Lipinski definition) is 0. The van der Waals surface area contributed by atoms with Crippen molar-refractivity contribution < 1.29 is 0 Å². The third-order valence-electron chi connectivity index (χ3n) is 13.5. The monoisotopic (exact) mass is 728 g/mol. The molecule has 0 saturated carbocycles. The van der Waals surface area contributed by atoms with Gasteiger partial charge in [-0.15, -0.1) is 0 Å². The maximum absolute atomic E-state index is 2.48. The highest BCUT2D eigenvalue weighted by atomic mass is 14.3. The van der Waals surface area contributed by atoms with Gasteiger partial charge in [0.15, 0.2) is 0 Å². The Balaban J connectivity index is 1.05. The van der Waals surface area contributed by atoms with Crippen molar-refractivity contribution >= 4 is 75.4 Å². The van der Waals surface area contributed by atoms with E-state index in [1.807, 2.05) is 0 Å². The molecule has 14 rings (SSSR count). The average Bonchev–Trinajstić information content (AvgIpc) is 3.79. The van der Waals surface area contributed by atoms with E-state index in [9.17, 15) is 0 Å². The van der Waals surface area contributed by atoms with E-state index in [2.05, 4.69) is 194 Å². The Labute approximate surface area is 334 Å². The van der Waals surface area contributed by atoms with Crippen LogP contribution >= 0.6 is 0 Å². The minimum atomic E-state index is 1.26. The quantitative estimate of drug-likeness (QED) is 0.156. The van der Waals surface area contributed by atoms with E-state index in [0.29, 0.717) is 0 Å². The molecule has 0 radical (unpaired) electrons. The van der Waals surface area contributed by atoms with E-state index in [1.54, 1.807) is 0 Å². The van der Waals surface area contributed by atoms with E-state index in [0.717, 1.165) is 0 Å². The zero-order valence-corrected chi connectivity index (χ0v) is 31.5. The Kier molecular flexibility index (Phi) is 5.85. The Morgan fingerprint density at radius 3 is 0.828 bits per heavy atom. The van der Waals surface area contributed by atoms with E-state index < -0.39 is 0 Å². The second kappa shape index (κ2) is 11.1. The summed E-state index contributed by atoms with van der Waals surface area (Å²) in [4.78, 5) is 0. The van der Waals surface area contributed by atoms with Crippen LogP contribution in [0.5, 0.6) is 0 Å². The largest absolute Gasteiger partial charge is 0.0616 e. The van der Waals surface area contributed by atoms with E-state index in [1.165, 1.54) is 142 Å². The third kappa shape index (κ3) is 3.85. The van der Waals surface area contributed by atoms with Crippen molar-refractivity contribution in [1.29, 1.82) is 0 Å². The molecule has 2 aliphatic carbocycles. The smallest absolute Gasteiger partial charge is 0.00199 e. The fourth-order valence-electron chi connectivity index (χ4n) is 11.1. The van der Waals surface area contributed by atoms with Gasteiger partial charge in [0, 0.05) is 0 Å².